The molecule has 0 aliphatic rings. The molecule has 4 aromatic rings. The van der Waals surface area contributed by atoms with E-state index >= 15 is 0 Å². The zero-order valence-electron chi connectivity index (χ0n) is 14.7. The van der Waals surface area contributed by atoms with Crippen LogP contribution in [0.15, 0.2) is 75.8 Å². The Labute approximate surface area is 169 Å². The number of carbonyl (C=O) groups excluding carboxylic acids is 2. The van der Waals surface area contributed by atoms with E-state index in [0.29, 0.717) is 17.9 Å². The first-order valence-electron chi connectivity index (χ1n) is 8.60. The van der Waals surface area contributed by atoms with Crippen molar-refractivity contribution in [3.05, 3.63) is 88.4 Å². The van der Waals surface area contributed by atoms with Crippen molar-refractivity contribution in [1.29, 1.82) is 0 Å². The molecule has 0 unspecified atom stereocenters. The lowest BCUT2D eigenvalue weighted by Crippen LogP contribution is -2.23. The minimum atomic E-state index is -0.326. The predicted molar refractivity (Wildman–Crippen MR) is 110 cm³/mol. The fraction of sp³-hybridized carbons (Fsp3) is 0.0476. The van der Waals surface area contributed by atoms with E-state index in [2.05, 4.69) is 31.5 Å². The van der Waals surface area contributed by atoms with Crippen molar-refractivity contribution in [2.75, 3.05) is 5.32 Å². The molecule has 2 aromatic carbocycles. The number of hydrogen-bond donors (Lipinski definition) is 3. The third-order valence-corrected chi connectivity index (χ3v) is 5.08. The second kappa shape index (κ2) is 7.74. The fourth-order valence-electron chi connectivity index (χ4n) is 2.89. The SMILES string of the molecule is O=C(Nc1cccc(CNC(=O)c2[nH]c3ccccc3c2Br)c1)c1ccco1. The number of aromatic nitrogens is 1. The second-order valence-electron chi connectivity index (χ2n) is 6.17. The average molecular weight is 438 g/mol. The summed E-state index contributed by atoms with van der Waals surface area (Å²) in [6, 6.07) is 18.2. The van der Waals surface area contributed by atoms with Gasteiger partial charge in [-0.15, -0.1) is 0 Å². The molecule has 7 heteroatoms. The van der Waals surface area contributed by atoms with Crippen molar-refractivity contribution in [3.63, 3.8) is 0 Å². The van der Waals surface area contributed by atoms with Gasteiger partial charge in [0.1, 0.15) is 5.69 Å². The molecule has 6 nitrogen and oxygen atoms in total. The van der Waals surface area contributed by atoms with Crippen molar-refractivity contribution in [2.24, 2.45) is 0 Å². The van der Waals surface area contributed by atoms with Gasteiger partial charge >= 0.3 is 0 Å². The quantitative estimate of drug-likeness (QED) is 0.422. The molecule has 2 aromatic heterocycles. The van der Waals surface area contributed by atoms with Crippen LogP contribution >= 0.6 is 15.9 Å². The molecule has 0 aliphatic carbocycles. The normalized spacial score (nSPS) is 10.8. The van der Waals surface area contributed by atoms with Gasteiger partial charge in [0.15, 0.2) is 5.76 Å². The molecule has 0 spiro atoms. The number of nitrogens with one attached hydrogen (secondary N) is 3. The number of aromatic amines is 1. The Balaban J connectivity index is 1.43. The molecule has 0 fully saturated rings. The molecule has 28 heavy (non-hydrogen) atoms. The van der Waals surface area contributed by atoms with Gasteiger partial charge in [-0.1, -0.05) is 30.3 Å². The number of anilines is 1. The summed E-state index contributed by atoms with van der Waals surface area (Å²) in [4.78, 5) is 27.8. The van der Waals surface area contributed by atoms with E-state index in [1.807, 2.05) is 36.4 Å². The molecule has 0 atom stereocenters. The minimum Gasteiger partial charge on any atom is -0.459 e. The van der Waals surface area contributed by atoms with Crippen LogP contribution in [0, 0.1) is 0 Å². The molecule has 2 heterocycles. The monoisotopic (exact) mass is 437 g/mol. The first kappa shape index (κ1) is 18.1. The number of hydrogen-bond acceptors (Lipinski definition) is 3. The summed E-state index contributed by atoms with van der Waals surface area (Å²) in [7, 11) is 0. The lowest BCUT2D eigenvalue weighted by Gasteiger charge is -2.08. The lowest BCUT2D eigenvalue weighted by atomic mass is 10.2. The standard InChI is InChI=1S/C21H16BrN3O3/c22-18-15-7-1-2-8-16(15)25-19(18)21(27)23-12-13-5-3-6-14(11-13)24-20(26)17-9-4-10-28-17/h1-11,25H,12H2,(H,23,27)(H,24,26). The molecule has 0 saturated carbocycles. The maximum Gasteiger partial charge on any atom is 0.291 e. The molecule has 0 aliphatic heterocycles. The lowest BCUT2D eigenvalue weighted by molar-refractivity contribution is 0.0944. The van der Waals surface area contributed by atoms with Crippen LogP contribution < -0.4 is 10.6 Å². The Bertz CT molecular complexity index is 1150. The number of halogens is 1. The van der Waals surface area contributed by atoms with Gasteiger partial charge in [0.25, 0.3) is 11.8 Å². The van der Waals surface area contributed by atoms with E-state index < -0.39 is 0 Å². The maximum absolute atomic E-state index is 12.6. The van der Waals surface area contributed by atoms with Crippen LogP contribution in [0.25, 0.3) is 10.9 Å². The van der Waals surface area contributed by atoms with Gasteiger partial charge in [-0.25, -0.2) is 0 Å². The Morgan fingerprint density at radius 3 is 2.64 bits per heavy atom. The number of H-pyrrole nitrogens is 1. The topological polar surface area (TPSA) is 87.1 Å². The highest BCUT2D eigenvalue weighted by Gasteiger charge is 2.15. The van der Waals surface area contributed by atoms with Gasteiger partial charge in [-0.05, 0) is 51.8 Å². The van der Waals surface area contributed by atoms with Gasteiger partial charge in [-0.2, -0.15) is 0 Å². The molecule has 2 amide bonds. The third kappa shape index (κ3) is 3.70. The highest BCUT2D eigenvalue weighted by atomic mass is 79.9. The smallest absolute Gasteiger partial charge is 0.291 e. The van der Waals surface area contributed by atoms with Gasteiger partial charge < -0.3 is 20.0 Å². The Morgan fingerprint density at radius 1 is 1.00 bits per heavy atom. The first-order valence-corrected chi connectivity index (χ1v) is 9.39. The van der Waals surface area contributed by atoms with Crippen molar-refractivity contribution in [1.82, 2.24) is 10.3 Å². The van der Waals surface area contributed by atoms with Gasteiger partial charge in [0.2, 0.25) is 0 Å². The number of benzene rings is 2. The van der Waals surface area contributed by atoms with Crippen molar-refractivity contribution in [3.8, 4) is 0 Å². The maximum atomic E-state index is 12.6. The molecule has 0 bridgehead atoms. The zero-order chi connectivity index (χ0) is 19.5. The Hall–Kier alpha value is -3.32. The summed E-state index contributed by atoms with van der Waals surface area (Å²) in [6.07, 6.45) is 1.45. The van der Waals surface area contributed by atoms with E-state index in [0.717, 1.165) is 20.9 Å². The summed E-state index contributed by atoms with van der Waals surface area (Å²) in [5.74, 6) is -0.302. The summed E-state index contributed by atoms with van der Waals surface area (Å²) in [5.41, 5.74) is 2.85. The predicted octanol–water partition coefficient (Wildman–Crippen LogP) is 4.71. The van der Waals surface area contributed by atoms with Crippen LogP contribution in [0.5, 0.6) is 0 Å². The van der Waals surface area contributed by atoms with Crippen LogP contribution in [-0.4, -0.2) is 16.8 Å². The number of furan rings is 1. The second-order valence-corrected chi connectivity index (χ2v) is 6.97. The van der Waals surface area contributed by atoms with Crippen LogP contribution in [0.2, 0.25) is 0 Å². The number of para-hydroxylation sites is 1. The average Bonchev–Trinajstić information content (AvgIpc) is 3.35. The van der Waals surface area contributed by atoms with Gasteiger partial charge in [-0.3, -0.25) is 9.59 Å². The van der Waals surface area contributed by atoms with Gasteiger partial charge in [0.05, 0.1) is 10.7 Å². The molecular weight excluding hydrogens is 422 g/mol. The summed E-state index contributed by atoms with van der Waals surface area (Å²) in [5, 5.41) is 6.62. The van der Waals surface area contributed by atoms with Crippen molar-refractivity contribution < 1.29 is 14.0 Å². The molecular formula is C21H16BrN3O3. The van der Waals surface area contributed by atoms with Crippen LogP contribution in [0.4, 0.5) is 5.69 Å². The molecule has 0 radical (unpaired) electrons. The Kier molecular flexibility index (Phi) is 4.99. The molecule has 3 N–H and O–H groups in total. The summed E-state index contributed by atoms with van der Waals surface area (Å²) < 4.78 is 5.82. The fourth-order valence-corrected chi connectivity index (χ4v) is 3.52. The van der Waals surface area contributed by atoms with Crippen LogP contribution in [0.1, 0.15) is 26.6 Å². The van der Waals surface area contributed by atoms with E-state index in [4.69, 9.17) is 4.42 Å². The number of fused-ring (bicyclic) bond motifs is 1. The highest BCUT2D eigenvalue weighted by molar-refractivity contribution is 9.10. The van der Waals surface area contributed by atoms with E-state index in [1.165, 1.54) is 6.26 Å². The summed E-state index contributed by atoms with van der Waals surface area (Å²) in [6.45, 7) is 0.325. The number of rotatable bonds is 5. The first-order chi connectivity index (χ1) is 13.6. The van der Waals surface area contributed by atoms with E-state index in [9.17, 15) is 9.59 Å². The molecule has 0 saturated heterocycles. The third-order valence-electron chi connectivity index (χ3n) is 4.25. The number of amides is 2. The highest BCUT2D eigenvalue weighted by Crippen LogP contribution is 2.27. The number of carbonyl (C=O) groups is 2. The zero-order valence-corrected chi connectivity index (χ0v) is 16.2. The summed E-state index contributed by atoms with van der Waals surface area (Å²) >= 11 is 3.49. The molecule has 4 rings (SSSR count). The minimum absolute atomic E-state index is 0.215. The van der Waals surface area contributed by atoms with E-state index in [-0.39, 0.29) is 17.6 Å². The largest absolute Gasteiger partial charge is 0.459 e. The van der Waals surface area contributed by atoms with E-state index in [1.54, 1.807) is 24.3 Å². The van der Waals surface area contributed by atoms with Crippen LogP contribution in [0.3, 0.4) is 0 Å². The van der Waals surface area contributed by atoms with Gasteiger partial charge in [0, 0.05) is 23.1 Å². The van der Waals surface area contributed by atoms with Crippen LogP contribution in [-0.2, 0) is 6.54 Å². The molecule has 140 valence electrons. The van der Waals surface area contributed by atoms with Crippen molar-refractivity contribution >= 4 is 44.3 Å². The van der Waals surface area contributed by atoms with Crippen molar-refractivity contribution in [2.45, 2.75) is 6.54 Å². The Morgan fingerprint density at radius 2 is 1.86 bits per heavy atom.